The maximum atomic E-state index is 9.53. The Hall–Kier alpha value is -1.17. The summed E-state index contributed by atoms with van der Waals surface area (Å²) in [6.45, 7) is 3.71. The predicted octanol–water partition coefficient (Wildman–Crippen LogP) is 0.625. The Kier molecular flexibility index (Phi) is 3.93. The summed E-state index contributed by atoms with van der Waals surface area (Å²) in [7, 11) is 0. The second-order valence-electron chi connectivity index (χ2n) is 4.19. The molecular formula is C12H17N3OS. The SMILES string of the molecule is NC(=S)C(c1cccc(O)c1)N1CCNCC1. The third-order valence-corrected chi connectivity index (χ3v) is 3.20. The van der Waals surface area contributed by atoms with Crippen LogP contribution in [0.5, 0.6) is 5.75 Å². The molecule has 1 heterocycles. The van der Waals surface area contributed by atoms with Crippen molar-refractivity contribution in [3.8, 4) is 5.75 Å². The molecule has 17 heavy (non-hydrogen) atoms. The maximum Gasteiger partial charge on any atom is 0.115 e. The van der Waals surface area contributed by atoms with Crippen molar-refractivity contribution in [1.29, 1.82) is 0 Å². The Labute approximate surface area is 106 Å². The molecule has 1 saturated heterocycles. The highest BCUT2D eigenvalue weighted by Gasteiger charge is 2.24. The molecule has 0 amide bonds. The van der Waals surface area contributed by atoms with Gasteiger partial charge in [0.2, 0.25) is 0 Å². The number of benzene rings is 1. The number of rotatable bonds is 3. The zero-order valence-electron chi connectivity index (χ0n) is 9.60. The number of nitrogens with zero attached hydrogens (tertiary/aromatic N) is 1. The number of phenols is 1. The second kappa shape index (κ2) is 5.44. The van der Waals surface area contributed by atoms with E-state index in [1.807, 2.05) is 12.1 Å². The molecule has 1 aromatic carbocycles. The first-order chi connectivity index (χ1) is 8.18. The van der Waals surface area contributed by atoms with E-state index in [1.54, 1.807) is 12.1 Å². The molecule has 92 valence electrons. The fourth-order valence-corrected chi connectivity index (χ4v) is 2.48. The fraction of sp³-hybridized carbons (Fsp3) is 0.417. The monoisotopic (exact) mass is 251 g/mol. The van der Waals surface area contributed by atoms with E-state index in [0.29, 0.717) is 4.99 Å². The molecule has 0 aromatic heterocycles. The summed E-state index contributed by atoms with van der Waals surface area (Å²) in [6.07, 6.45) is 0. The van der Waals surface area contributed by atoms with Crippen molar-refractivity contribution in [3.05, 3.63) is 29.8 Å². The summed E-state index contributed by atoms with van der Waals surface area (Å²) in [5, 5.41) is 12.8. The Morgan fingerprint density at radius 1 is 1.41 bits per heavy atom. The average Bonchev–Trinajstić information content (AvgIpc) is 2.30. The first kappa shape index (κ1) is 12.3. The molecule has 5 heteroatoms. The molecule has 1 unspecified atom stereocenters. The van der Waals surface area contributed by atoms with Gasteiger partial charge in [-0.1, -0.05) is 24.4 Å². The number of nitrogens with one attached hydrogen (secondary N) is 1. The van der Waals surface area contributed by atoms with Gasteiger partial charge in [-0.05, 0) is 17.7 Å². The van der Waals surface area contributed by atoms with E-state index < -0.39 is 0 Å². The van der Waals surface area contributed by atoms with Gasteiger partial charge in [-0.3, -0.25) is 4.90 Å². The minimum Gasteiger partial charge on any atom is -0.508 e. The molecule has 4 N–H and O–H groups in total. The van der Waals surface area contributed by atoms with Crippen LogP contribution in [0.25, 0.3) is 0 Å². The van der Waals surface area contributed by atoms with E-state index in [0.717, 1.165) is 31.7 Å². The van der Waals surface area contributed by atoms with Gasteiger partial charge >= 0.3 is 0 Å². The van der Waals surface area contributed by atoms with Crippen LogP contribution in [0.15, 0.2) is 24.3 Å². The van der Waals surface area contributed by atoms with Gasteiger partial charge in [0.15, 0.2) is 0 Å². The van der Waals surface area contributed by atoms with Crippen LogP contribution in [0.3, 0.4) is 0 Å². The molecule has 0 radical (unpaired) electrons. The van der Waals surface area contributed by atoms with Gasteiger partial charge in [-0.15, -0.1) is 0 Å². The Morgan fingerprint density at radius 2 is 2.12 bits per heavy atom. The van der Waals surface area contributed by atoms with Gasteiger partial charge in [-0.25, -0.2) is 0 Å². The van der Waals surface area contributed by atoms with Gasteiger partial charge in [0.05, 0.1) is 11.0 Å². The predicted molar refractivity (Wildman–Crippen MR) is 72.1 cm³/mol. The van der Waals surface area contributed by atoms with E-state index in [9.17, 15) is 5.11 Å². The van der Waals surface area contributed by atoms with Crippen LogP contribution in [0.1, 0.15) is 11.6 Å². The first-order valence-electron chi connectivity index (χ1n) is 5.71. The molecule has 4 nitrogen and oxygen atoms in total. The van der Waals surface area contributed by atoms with E-state index in [1.165, 1.54) is 0 Å². The smallest absolute Gasteiger partial charge is 0.115 e. The van der Waals surface area contributed by atoms with Crippen LogP contribution in [-0.2, 0) is 0 Å². The number of aromatic hydroxyl groups is 1. The van der Waals surface area contributed by atoms with E-state index in [-0.39, 0.29) is 11.8 Å². The summed E-state index contributed by atoms with van der Waals surface area (Å²) >= 11 is 5.16. The summed E-state index contributed by atoms with van der Waals surface area (Å²) in [5.74, 6) is 0.249. The van der Waals surface area contributed by atoms with Crippen LogP contribution in [0.2, 0.25) is 0 Å². The van der Waals surface area contributed by atoms with Crippen LogP contribution in [0, 0.1) is 0 Å². The van der Waals surface area contributed by atoms with Crippen molar-refractivity contribution in [2.24, 2.45) is 5.73 Å². The highest BCUT2D eigenvalue weighted by molar-refractivity contribution is 7.80. The normalized spacial score (nSPS) is 18.8. The molecule has 1 atom stereocenters. The summed E-state index contributed by atoms with van der Waals surface area (Å²) in [5.41, 5.74) is 6.80. The third-order valence-electron chi connectivity index (χ3n) is 2.97. The highest BCUT2D eigenvalue weighted by Crippen LogP contribution is 2.24. The van der Waals surface area contributed by atoms with Crippen molar-refractivity contribution >= 4 is 17.2 Å². The van der Waals surface area contributed by atoms with Crippen molar-refractivity contribution < 1.29 is 5.11 Å². The molecule has 0 spiro atoms. The molecule has 1 aromatic rings. The summed E-state index contributed by atoms with van der Waals surface area (Å²) in [4.78, 5) is 2.70. The number of phenolic OH excluding ortho intramolecular Hbond substituents is 1. The van der Waals surface area contributed by atoms with Crippen molar-refractivity contribution in [2.75, 3.05) is 26.2 Å². The summed E-state index contributed by atoms with van der Waals surface area (Å²) in [6, 6.07) is 7.06. The summed E-state index contributed by atoms with van der Waals surface area (Å²) < 4.78 is 0. The number of thiocarbonyl (C=S) groups is 1. The molecule has 2 rings (SSSR count). The number of hydrogen-bond donors (Lipinski definition) is 3. The van der Waals surface area contributed by atoms with E-state index in [2.05, 4.69) is 10.2 Å². The molecule has 1 aliphatic heterocycles. The van der Waals surface area contributed by atoms with Gasteiger partial charge in [0, 0.05) is 26.2 Å². The lowest BCUT2D eigenvalue weighted by atomic mass is 10.0. The molecule has 0 bridgehead atoms. The van der Waals surface area contributed by atoms with Crippen molar-refractivity contribution in [1.82, 2.24) is 10.2 Å². The van der Waals surface area contributed by atoms with Gasteiger partial charge < -0.3 is 16.2 Å². The van der Waals surface area contributed by atoms with Gasteiger partial charge in [0.25, 0.3) is 0 Å². The van der Waals surface area contributed by atoms with Crippen LogP contribution in [-0.4, -0.2) is 41.2 Å². The van der Waals surface area contributed by atoms with E-state index >= 15 is 0 Å². The fourth-order valence-electron chi connectivity index (χ4n) is 2.19. The Balaban J connectivity index is 2.25. The molecular weight excluding hydrogens is 234 g/mol. The quantitative estimate of drug-likeness (QED) is 0.688. The maximum absolute atomic E-state index is 9.53. The minimum atomic E-state index is -0.0841. The zero-order chi connectivity index (χ0) is 12.3. The molecule has 1 aliphatic rings. The molecule has 1 fully saturated rings. The lowest BCUT2D eigenvalue weighted by Crippen LogP contribution is -2.48. The van der Waals surface area contributed by atoms with Crippen LogP contribution in [0.4, 0.5) is 0 Å². The molecule has 0 saturated carbocycles. The minimum absolute atomic E-state index is 0.0841. The van der Waals surface area contributed by atoms with Crippen LogP contribution < -0.4 is 11.1 Å². The molecule has 0 aliphatic carbocycles. The number of piperazine rings is 1. The van der Waals surface area contributed by atoms with Crippen LogP contribution >= 0.6 is 12.2 Å². The van der Waals surface area contributed by atoms with Crippen molar-refractivity contribution in [3.63, 3.8) is 0 Å². The van der Waals surface area contributed by atoms with Crippen molar-refractivity contribution in [2.45, 2.75) is 6.04 Å². The lowest BCUT2D eigenvalue weighted by Gasteiger charge is -2.34. The first-order valence-corrected chi connectivity index (χ1v) is 6.12. The van der Waals surface area contributed by atoms with Gasteiger partial charge in [-0.2, -0.15) is 0 Å². The number of hydrogen-bond acceptors (Lipinski definition) is 4. The Morgan fingerprint density at radius 3 is 2.71 bits per heavy atom. The average molecular weight is 251 g/mol. The highest BCUT2D eigenvalue weighted by atomic mass is 32.1. The largest absolute Gasteiger partial charge is 0.508 e. The topological polar surface area (TPSA) is 61.5 Å². The lowest BCUT2D eigenvalue weighted by molar-refractivity contribution is 0.215. The van der Waals surface area contributed by atoms with E-state index in [4.69, 9.17) is 18.0 Å². The second-order valence-corrected chi connectivity index (χ2v) is 4.66. The zero-order valence-corrected chi connectivity index (χ0v) is 10.4. The standard InChI is InChI=1S/C12H17N3OS/c13-12(17)11(15-6-4-14-5-7-15)9-2-1-3-10(16)8-9/h1-3,8,11,14,16H,4-7H2,(H2,13,17). The van der Waals surface area contributed by atoms with Gasteiger partial charge in [0.1, 0.15) is 5.75 Å². The third kappa shape index (κ3) is 2.94. The Bertz CT molecular complexity index is 404. The number of nitrogens with two attached hydrogens (primary N) is 1.